The van der Waals surface area contributed by atoms with E-state index in [-0.39, 0.29) is 22.6 Å². The van der Waals surface area contributed by atoms with Gasteiger partial charge in [-0.15, -0.1) is 11.3 Å². The summed E-state index contributed by atoms with van der Waals surface area (Å²) in [6, 6.07) is 12.7. The molecule has 3 aromatic rings. The van der Waals surface area contributed by atoms with Crippen LogP contribution >= 0.6 is 34.5 Å². The van der Waals surface area contributed by atoms with Gasteiger partial charge < -0.3 is 15.1 Å². The summed E-state index contributed by atoms with van der Waals surface area (Å²) < 4.78 is 0.572. The average molecular weight is 448 g/mol. The van der Waals surface area contributed by atoms with Crippen molar-refractivity contribution in [2.75, 3.05) is 6.54 Å². The van der Waals surface area contributed by atoms with Gasteiger partial charge in [0.05, 0.1) is 21.5 Å². The second-order valence-corrected chi connectivity index (χ2v) is 8.49. The van der Waals surface area contributed by atoms with E-state index in [4.69, 9.17) is 28.0 Å². The SMILES string of the molecule is O=C(NCC1CC(c2ccc(-c3cc[nH]c(=O)c3Cl)cc2)=NO1)c1ccc(Cl)s1. The third-order valence-corrected chi connectivity index (χ3v) is 6.05. The number of H-pyrrole nitrogens is 1. The van der Waals surface area contributed by atoms with Crippen LogP contribution in [-0.2, 0) is 4.84 Å². The van der Waals surface area contributed by atoms with Gasteiger partial charge in [0.25, 0.3) is 11.5 Å². The molecule has 1 aliphatic rings. The van der Waals surface area contributed by atoms with Crippen LogP contribution in [0.3, 0.4) is 0 Å². The fraction of sp³-hybridized carbons (Fsp3) is 0.150. The molecule has 3 heterocycles. The highest BCUT2D eigenvalue weighted by Gasteiger charge is 2.23. The highest BCUT2D eigenvalue weighted by molar-refractivity contribution is 7.18. The number of oxime groups is 1. The van der Waals surface area contributed by atoms with Gasteiger partial charge in [-0.2, -0.15) is 0 Å². The number of thiophene rings is 1. The van der Waals surface area contributed by atoms with Gasteiger partial charge in [-0.3, -0.25) is 9.59 Å². The molecule has 0 spiro atoms. The maximum atomic E-state index is 12.1. The van der Waals surface area contributed by atoms with Crippen molar-refractivity contribution >= 4 is 46.2 Å². The average Bonchev–Trinajstić information content (AvgIpc) is 3.38. The summed E-state index contributed by atoms with van der Waals surface area (Å²) in [5, 5.41) is 7.13. The first-order valence-electron chi connectivity index (χ1n) is 8.75. The van der Waals surface area contributed by atoms with Gasteiger partial charge in [0.1, 0.15) is 11.1 Å². The number of hydrogen-bond acceptors (Lipinski definition) is 5. The number of pyridine rings is 1. The molecule has 1 atom stereocenters. The molecule has 29 heavy (non-hydrogen) atoms. The second-order valence-electron chi connectivity index (χ2n) is 6.40. The van der Waals surface area contributed by atoms with Gasteiger partial charge in [-0.1, -0.05) is 52.6 Å². The van der Waals surface area contributed by atoms with Gasteiger partial charge in [0, 0.05) is 18.2 Å². The minimum atomic E-state index is -0.323. The molecule has 0 fully saturated rings. The molecule has 0 radical (unpaired) electrons. The molecular formula is C20H15Cl2N3O3S. The van der Waals surface area contributed by atoms with E-state index in [0.717, 1.165) is 16.8 Å². The summed E-state index contributed by atoms with van der Waals surface area (Å²) in [4.78, 5) is 32.3. The lowest BCUT2D eigenvalue weighted by Gasteiger charge is -2.09. The lowest BCUT2D eigenvalue weighted by molar-refractivity contribution is 0.0755. The Labute approximate surface area is 180 Å². The predicted molar refractivity (Wildman–Crippen MR) is 115 cm³/mol. The van der Waals surface area contributed by atoms with E-state index in [2.05, 4.69) is 15.5 Å². The van der Waals surface area contributed by atoms with Crippen LogP contribution in [0.1, 0.15) is 21.7 Å². The van der Waals surface area contributed by atoms with Crippen molar-refractivity contribution < 1.29 is 9.63 Å². The van der Waals surface area contributed by atoms with Crippen molar-refractivity contribution in [2.24, 2.45) is 5.16 Å². The van der Waals surface area contributed by atoms with E-state index in [9.17, 15) is 9.59 Å². The van der Waals surface area contributed by atoms with Crippen LogP contribution < -0.4 is 10.9 Å². The number of halogens is 2. The molecule has 9 heteroatoms. The number of benzene rings is 1. The number of aromatic nitrogens is 1. The highest BCUT2D eigenvalue weighted by atomic mass is 35.5. The topological polar surface area (TPSA) is 83.5 Å². The first-order chi connectivity index (χ1) is 14.0. The number of aromatic amines is 1. The first-order valence-corrected chi connectivity index (χ1v) is 10.3. The summed E-state index contributed by atoms with van der Waals surface area (Å²) >= 11 is 13.2. The van der Waals surface area contributed by atoms with E-state index in [0.29, 0.717) is 27.7 Å². The second kappa shape index (κ2) is 8.41. The van der Waals surface area contributed by atoms with Crippen LogP contribution in [0, 0.1) is 0 Å². The van der Waals surface area contributed by atoms with Crippen molar-refractivity contribution in [3.05, 3.63) is 78.8 Å². The van der Waals surface area contributed by atoms with Gasteiger partial charge in [0.2, 0.25) is 0 Å². The maximum Gasteiger partial charge on any atom is 0.267 e. The number of rotatable bonds is 5. The van der Waals surface area contributed by atoms with Crippen molar-refractivity contribution in [1.82, 2.24) is 10.3 Å². The molecule has 148 valence electrons. The summed E-state index contributed by atoms with van der Waals surface area (Å²) in [6.45, 7) is 0.349. The van der Waals surface area contributed by atoms with Crippen LogP contribution in [0.25, 0.3) is 11.1 Å². The smallest absolute Gasteiger partial charge is 0.267 e. The van der Waals surface area contributed by atoms with Crippen molar-refractivity contribution in [3.63, 3.8) is 0 Å². The van der Waals surface area contributed by atoms with E-state index in [1.807, 2.05) is 24.3 Å². The van der Waals surface area contributed by atoms with E-state index >= 15 is 0 Å². The molecule has 4 rings (SSSR count). The number of nitrogens with one attached hydrogen (secondary N) is 2. The molecule has 2 aromatic heterocycles. The molecule has 0 bridgehead atoms. The fourth-order valence-corrected chi connectivity index (χ4v) is 4.15. The molecule has 1 aromatic carbocycles. The Kier molecular flexibility index (Phi) is 5.71. The van der Waals surface area contributed by atoms with Gasteiger partial charge in [-0.25, -0.2) is 0 Å². The van der Waals surface area contributed by atoms with E-state index in [1.165, 1.54) is 11.3 Å². The quantitative estimate of drug-likeness (QED) is 0.610. The normalized spacial score (nSPS) is 15.7. The van der Waals surface area contributed by atoms with Crippen molar-refractivity contribution in [1.29, 1.82) is 0 Å². The predicted octanol–water partition coefficient (Wildman–Crippen LogP) is 4.33. The molecule has 1 aliphatic heterocycles. The third-order valence-electron chi connectivity index (χ3n) is 4.45. The minimum Gasteiger partial charge on any atom is -0.390 e. The van der Waals surface area contributed by atoms with Crippen molar-refractivity contribution in [2.45, 2.75) is 12.5 Å². The molecule has 0 aliphatic carbocycles. The van der Waals surface area contributed by atoms with Crippen LogP contribution in [0.5, 0.6) is 0 Å². The molecular weight excluding hydrogens is 433 g/mol. The molecule has 0 saturated carbocycles. The largest absolute Gasteiger partial charge is 0.390 e. The lowest BCUT2D eigenvalue weighted by atomic mass is 10.0. The van der Waals surface area contributed by atoms with Gasteiger partial charge in [-0.05, 0) is 29.3 Å². The lowest BCUT2D eigenvalue weighted by Crippen LogP contribution is -2.31. The number of carbonyl (C=O) groups excluding carboxylic acids is 1. The number of nitrogens with zero attached hydrogens (tertiary/aromatic N) is 1. The van der Waals surface area contributed by atoms with E-state index in [1.54, 1.807) is 24.4 Å². The Morgan fingerprint density at radius 3 is 2.66 bits per heavy atom. The fourth-order valence-electron chi connectivity index (χ4n) is 2.96. The Hall–Kier alpha value is -2.61. The maximum absolute atomic E-state index is 12.1. The van der Waals surface area contributed by atoms with Crippen LogP contribution in [0.15, 0.2) is 58.6 Å². The summed E-state index contributed by atoms with van der Waals surface area (Å²) in [6.07, 6.45) is 1.91. The molecule has 2 N–H and O–H groups in total. The Balaban J connectivity index is 1.37. The number of hydrogen-bond donors (Lipinski definition) is 2. The summed E-state index contributed by atoms with van der Waals surface area (Å²) in [7, 11) is 0. The Morgan fingerprint density at radius 1 is 1.17 bits per heavy atom. The van der Waals surface area contributed by atoms with Crippen molar-refractivity contribution in [3.8, 4) is 11.1 Å². The Bertz CT molecular complexity index is 1140. The molecule has 0 saturated heterocycles. The zero-order chi connectivity index (χ0) is 20.4. The monoisotopic (exact) mass is 447 g/mol. The molecule has 1 unspecified atom stereocenters. The zero-order valence-electron chi connectivity index (χ0n) is 14.9. The van der Waals surface area contributed by atoms with Gasteiger partial charge >= 0.3 is 0 Å². The molecule has 1 amide bonds. The van der Waals surface area contributed by atoms with Gasteiger partial charge in [0.15, 0.2) is 0 Å². The van der Waals surface area contributed by atoms with Crippen LogP contribution in [0.2, 0.25) is 9.36 Å². The van der Waals surface area contributed by atoms with Crippen LogP contribution in [-0.4, -0.2) is 29.3 Å². The summed E-state index contributed by atoms with van der Waals surface area (Å²) in [5.41, 5.74) is 2.89. The molecule has 6 nitrogen and oxygen atoms in total. The first kappa shape index (κ1) is 19.7. The van der Waals surface area contributed by atoms with E-state index < -0.39 is 0 Å². The zero-order valence-corrected chi connectivity index (χ0v) is 17.3. The number of carbonyl (C=O) groups is 1. The summed E-state index contributed by atoms with van der Waals surface area (Å²) in [5.74, 6) is -0.182. The standard InChI is InChI=1S/C20H15Cl2N3O3S/c21-17-6-5-16(29-17)19(26)24-10-13-9-15(25-28-13)12-3-1-11(2-4-12)14-7-8-23-20(27)18(14)22/h1-8,13H,9-10H2,(H,23,27)(H,24,26). The third kappa shape index (κ3) is 4.37. The Morgan fingerprint density at radius 2 is 1.93 bits per heavy atom. The highest BCUT2D eigenvalue weighted by Crippen LogP contribution is 2.26. The number of amides is 1. The minimum absolute atomic E-state index is 0.157. The van der Waals surface area contributed by atoms with Crippen LogP contribution in [0.4, 0.5) is 0 Å².